The van der Waals surface area contributed by atoms with Crippen LogP contribution in [0.4, 0.5) is 4.79 Å². The fourth-order valence-corrected chi connectivity index (χ4v) is 4.58. The van der Waals surface area contributed by atoms with Gasteiger partial charge in [-0.3, -0.25) is 9.79 Å². The summed E-state index contributed by atoms with van der Waals surface area (Å²) in [6.07, 6.45) is 3.78. The van der Waals surface area contributed by atoms with Crippen molar-refractivity contribution in [1.82, 2.24) is 10.2 Å². The molecule has 0 unspecified atom stereocenters. The van der Waals surface area contributed by atoms with E-state index in [0.29, 0.717) is 13.0 Å². The topological polar surface area (TPSA) is 89.5 Å². The quantitative estimate of drug-likeness (QED) is 0.673. The number of alkyl carbamates (subject to hydrolysis) is 1. The summed E-state index contributed by atoms with van der Waals surface area (Å²) in [7, 11) is 0.898. The molecule has 9 heteroatoms. The first-order valence-corrected chi connectivity index (χ1v) is 11.9. The number of nitrogens with one attached hydrogen (secondary N) is 1. The summed E-state index contributed by atoms with van der Waals surface area (Å²) in [6.45, 7) is 10.5. The van der Waals surface area contributed by atoms with Gasteiger partial charge in [-0.2, -0.15) is 0 Å². The minimum absolute atomic E-state index is 0.0489. The summed E-state index contributed by atoms with van der Waals surface area (Å²) in [5, 5.41) is 2.56. The Morgan fingerprint density at radius 2 is 1.82 bits per heavy atom. The van der Waals surface area contributed by atoms with Crippen LogP contribution < -0.4 is 10.8 Å². The van der Waals surface area contributed by atoms with Gasteiger partial charge >= 0.3 is 13.2 Å². The number of allylic oxidation sites excluding steroid dienone is 1. The van der Waals surface area contributed by atoms with E-state index in [1.165, 1.54) is 7.11 Å². The minimum Gasteiger partial charge on any atom is -0.453 e. The smallest absolute Gasteiger partial charge is 0.453 e. The van der Waals surface area contributed by atoms with Crippen molar-refractivity contribution in [3.8, 4) is 0 Å². The number of rotatable bonds is 5. The molecule has 8 nitrogen and oxygen atoms in total. The van der Waals surface area contributed by atoms with Crippen LogP contribution >= 0.6 is 0 Å². The van der Waals surface area contributed by atoms with Gasteiger partial charge in [0.15, 0.2) is 0 Å². The molecule has 3 heterocycles. The molecule has 34 heavy (non-hydrogen) atoms. The van der Waals surface area contributed by atoms with Gasteiger partial charge < -0.3 is 24.3 Å². The van der Waals surface area contributed by atoms with Crippen molar-refractivity contribution >= 4 is 35.9 Å². The van der Waals surface area contributed by atoms with Gasteiger partial charge in [0.2, 0.25) is 5.91 Å². The highest BCUT2D eigenvalue weighted by molar-refractivity contribution is 6.62. The highest BCUT2D eigenvalue weighted by Crippen LogP contribution is 2.36. The fraction of sp³-hybridized carbons (Fsp3) is 0.560. The van der Waals surface area contributed by atoms with Crippen molar-refractivity contribution in [3.63, 3.8) is 0 Å². The van der Waals surface area contributed by atoms with Gasteiger partial charge in [-0.1, -0.05) is 24.3 Å². The van der Waals surface area contributed by atoms with Gasteiger partial charge in [-0.05, 0) is 64.1 Å². The summed E-state index contributed by atoms with van der Waals surface area (Å²) in [6, 6.07) is 7.54. The summed E-state index contributed by atoms with van der Waals surface area (Å²) in [5.41, 5.74) is 3.44. The third kappa shape index (κ3) is 4.64. The molecule has 0 saturated carbocycles. The van der Waals surface area contributed by atoms with E-state index in [1.54, 1.807) is 6.92 Å². The molecule has 1 N–H and O–H groups in total. The van der Waals surface area contributed by atoms with E-state index in [2.05, 4.69) is 27.2 Å². The number of aliphatic imine (C=N–C) groups is 1. The molecule has 3 aliphatic rings. The molecule has 0 spiro atoms. The Hall–Kier alpha value is -2.65. The number of likely N-dealkylation sites (tertiary alicyclic amines) is 1. The van der Waals surface area contributed by atoms with Crippen molar-refractivity contribution in [2.75, 3.05) is 13.7 Å². The zero-order chi connectivity index (χ0) is 24.7. The Labute approximate surface area is 201 Å². The molecule has 182 valence electrons. The Morgan fingerprint density at radius 3 is 2.44 bits per heavy atom. The lowest BCUT2D eigenvalue weighted by Gasteiger charge is -2.32. The van der Waals surface area contributed by atoms with Gasteiger partial charge in [0.1, 0.15) is 6.04 Å². The first-order valence-electron chi connectivity index (χ1n) is 11.9. The van der Waals surface area contributed by atoms with E-state index >= 15 is 0 Å². The second-order valence-corrected chi connectivity index (χ2v) is 10.2. The fourth-order valence-electron chi connectivity index (χ4n) is 4.58. The van der Waals surface area contributed by atoms with Crippen molar-refractivity contribution in [1.29, 1.82) is 0 Å². The molecule has 2 atom stereocenters. The van der Waals surface area contributed by atoms with Crippen LogP contribution in [0.25, 0.3) is 5.57 Å². The molecule has 1 aromatic carbocycles. The van der Waals surface area contributed by atoms with Crippen molar-refractivity contribution in [3.05, 3.63) is 36.0 Å². The molecule has 3 aliphatic heterocycles. The second-order valence-electron chi connectivity index (χ2n) is 10.2. The van der Waals surface area contributed by atoms with Crippen molar-refractivity contribution in [2.45, 2.75) is 77.2 Å². The van der Waals surface area contributed by atoms with Gasteiger partial charge in [-0.15, -0.1) is 0 Å². The summed E-state index contributed by atoms with van der Waals surface area (Å²) in [5.74, 6) is -0.115. The zero-order valence-corrected chi connectivity index (χ0v) is 20.9. The Morgan fingerprint density at radius 1 is 1.18 bits per heavy atom. The highest BCUT2D eigenvalue weighted by atomic mass is 16.7. The largest absolute Gasteiger partial charge is 0.494 e. The lowest BCUT2D eigenvalue weighted by molar-refractivity contribution is -0.132. The molecule has 0 bridgehead atoms. The number of hydrogen-bond acceptors (Lipinski definition) is 6. The van der Waals surface area contributed by atoms with Crippen LogP contribution in [0.5, 0.6) is 0 Å². The molecule has 4 rings (SSSR count). The van der Waals surface area contributed by atoms with Crippen LogP contribution in [-0.4, -0.2) is 66.7 Å². The van der Waals surface area contributed by atoms with Gasteiger partial charge in [0, 0.05) is 24.9 Å². The number of amides is 2. The van der Waals surface area contributed by atoms with Crippen molar-refractivity contribution < 1.29 is 23.6 Å². The van der Waals surface area contributed by atoms with Crippen LogP contribution in [0.1, 0.15) is 59.4 Å². The lowest BCUT2D eigenvalue weighted by atomic mass is 9.78. The van der Waals surface area contributed by atoms with Crippen LogP contribution in [0.2, 0.25) is 0 Å². The van der Waals surface area contributed by atoms with Crippen molar-refractivity contribution in [2.24, 2.45) is 4.99 Å². The van der Waals surface area contributed by atoms with E-state index in [0.717, 1.165) is 35.2 Å². The van der Waals surface area contributed by atoms with E-state index in [-0.39, 0.29) is 30.3 Å². The number of nitrogens with zero attached hydrogens (tertiary/aromatic N) is 2. The van der Waals surface area contributed by atoms with E-state index in [4.69, 9.17) is 9.31 Å². The Bertz CT molecular complexity index is 1000. The maximum absolute atomic E-state index is 12.9. The predicted molar refractivity (Wildman–Crippen MR) is 132 cm³/mol. The monoisotopic (exact) mass is 467 g/mol. The minimum atomic E-state index is -0.648. The van der Waals surface area contributed by atoms with Crippen LogP contribution in [0.3, 0.4) is 0 Å². The average Bonchev–Trinajstić information content (AvgIpc) is 3.51. The standard InChI is InChI=1S/C25H34BN3O5/c1-16(28-23(31)32-6)22(30)29-13-7-8-21(29)20-14-18(15-27-20)17-9-11-19(12-10-17)26-33-24(2,3)25(4,5)34-26/h9-12,15-16,21H,7-8,13-14H2,1-6H3,(H,28,31)/t16-,21-/m0/s1. The zero-order valence-electron chi connectivity index (χ0n) is 20.9. The maximum atomic E-state index is 12.9. The van der Waals surface area contributed by atoms with E-state index in [9.17, 15) is 9.59 Å². The SMILES string of the molecule is COC(=O)N[C@@H](C)C(=O)N1CCC[C@H]1C1=NC=C(c2ccc(B3OC(C)(C)C(C)(C)O3)cc2)C1. The highest BCUT2D eigenvalue weighted by Gasteiger charge is 2.51. The molecule has 2 saturated heterocycles. The van der Waals surface area contributed by atoms with Crippen LogP contribution in [0, 0.1) is 0 Å². The average molecular weight is 467 g/mol. The molecule has 0 aliphatic carbocycles. The predicted octanol–water partition coefficient (Wildman–Crippen LogP) is 2.91. The number of hydrogen-bond donors (Lipinski definition) is 1. The van der Waals surface area contributed by atoms with E-state index < -0.39 is 12.1 Å². The number of methoxy groups -OCH3 is 1. The molecule has 1 aromatic rings. The molecule has 2 amide bonds. The first-order chi connectivity index (χ1) is 16.0. The third-order valence-electron chi connectivity index (χ3n) is 7.38. The summed E-state index contributed by atoms with van der Waals surface area (Å²) < 4.78 is 16.9. The number of benzene rings is 1. The van der Waals surface area contributed by atoms with Crippen LogP contribution in [-0.2, 0) is 18.8 Å². The molecule has 2 fully saturated rings. The van der Waals surface area contributed by atoms with Gasteiger partial charge in [0.25, 0.3) is 0 Å². The van der Waals surface area contributed by atoms with Gasteiger partial charge in [0.05, 0.1) is 24.4 Å². The Kier molecular flexibility index (Phi) is 6.62. The molecule has 0 radical (unpaired) electrons. The van der Waals surface area contributed by atoms with E-state index in [1.807, 2.05) is 50.9 Å². The second kappa shape index (κ2) is 9.19. The van der Waals surface area contributed by atoms with Gasteiger partial charge in [-0.25, -0.2) is 4.79 Å². The molecule has 0 aromatic heterocycles. The normalized spacial score (nSPS) is 24.0. The number of ether oxygens (including phenoxy) is 1. The maximum Gasteiger partial charge on any atom is 0.494 e. The first kappa shape index (κ1) is 24.5. The third-order valence-corrected chi connectivity index (χ3v) is 7.38. The van der Waals surface area contributed by atoms with Crippen LogP contribution in [0.15, 0.2) is 35.5 Å². The number of carbonyl (C=O) groups excluding carboxylic acids is 2. The lowest BCUT2D eigenvalue weighted by Crippen LogP contribution is -2.50. The summed E-state index contributed by atoms with van der Waals surface area (Å²) >= 11 is 0. The molecular formula is C25H34BN3O5. The Balaban J connectivity index is 1.38. The number of carbonyl (C=O) groups is 2. The summed E-state index contributed by atoms with van der Waals surface area (Å²) in [4.78, 5) is 30.9. The molecular weight excluding hydrogens is 433 g/mol.